The Kier molecular flexibility index (Phi) is 6.80. The summed E-state index contributed by atoms with van der Waals surface area (Å²) in [6, 6.07) is 8.93. The first-order chi connectivity index (χ1) is 14.2. The third-order valence-electron chi connectivity index (χ3n) is 5.13. The van der Waals surface area contributed by atoms with Crippen LogP contribution in [0, 0.1) is 6.92 Å². The van der Waals surface area contributed by atoms with E-state index in [1.165, 1.54) is 28.6 Å². The molecule has 2 amide bonds. The van der Waals surface area contributed by atoms with Crippen molar-refractivity contribution in [1.82, 2.24) is 4.31 Å². The van der Waals surface area contributed by atoms with E-state index in [2.05, 4.69) is 5.32 Å². The fourth-order valence-corrected chi connectivity index (χ4v) is 5.50. The Bertz CT molecular complexity index is 1080. The Hall–Kier alpha value is -2.42. The molecule has 2 aromatic rings. The summed E-state index contributed by atoms with van der Waals surface area (Å²) >= 11 is 6.19. The average molecular weight is 450 g/mol. The Balaban J connectivity index is 1.86. The zero-order chi connectivity index (χ0) is 21.9. The number of carbonyl (C=O) groups is 2. The molecule has 3 rings (SSSR count). The molecule has 1 fully saturated rings. The minimum absolute atomic E-state index is 0.0704. The second-order valence-corrected chi connectivity index (χ2v) is 9.63. The van der Waals surface area contributed by atoms with Gasteiger partial charge in [0.05, 0.1) is 5.02 Å². The van der Waals surface area contributed by atoms with Crippen LogP contribution in [0.2, 0.25) is 5.02 Å². The van der Waals surface area contributed by atoms with Crippen LogP contribution < -0.4 is 11.1 Å². The standard InChI is InChI=1S/C21H24ClN3O4S/c1-14-12-16(7-8-17(14)20(23)26)24-21(27)15-6-9-18(22)19(13-15)30(28,29)25-10-4-2-3-5-11-25/h6-9,12-13H,2-5,10-11H2,1H3,(H2,23,26)(H,24,27). The van der Waals surface area contributed by atoms with Crippen molar-refractivity contribution in [3.8, 4) is 0 Å². The van der Waals surface area contributed by atoms with Gasteiger partial charge in [-0.15, -0.1) is 0 Å². The second kappa shape index (κ2) is 9.16. The Morgan fingerprint density at radius 2 is 1.70 bits per heavy atom. The molecule has 7 nitrogen and oxygen atoms in total. The number of hydrogen-bond acceptors (Lipinski definition) is 4. The molecule has 0 aromatic heterocycles. The number of sulfonamides is 1. The van der Waals surface area contributed by atoms with Crippen LogP contribution in [-0.4, -0.2) is 37.6 Å². The van der Waals surface area contributed by atoms with Gasteiger partial charge in [0.25, 0.3) is 5.91 Å². The molecular weight excluding hydrogens is 426 g/mol. The summed E-state index contributed by atoms with van der Waals surface area (Å²) in [5, 5.41) is 2.79. The highest BCUT2D eigenvalue weighted by Crippen LogP contribution is 2.28. The summed E-state index contributed by atoms with van der Waals surface area (Å²) in [4.78, 5) is 24.0. The lowest BCUT2D eigenvalue weighted by Crippen LogP contribution is -2.32. The molecule has 0 atom stereocenters. The van der Waals surface area contributed by atoms with E-state index < -0.39 is 21.8 Å². The molecule has 1 saturated heterocycles. The second-order valence-electron chi connectivity index (χ2n) is 7.31. The Morgan fingerprint density at radius 1 is 1.03 bits per heavy atom. The number of nitrogens with zero attached hydrogens (tertiary/aromatic N) is 1. The monoisotopic (exact) mass is 449 g/mol. The number of nitrogens with one attached hydrogen (secondary N) is 1. The first-order valence-corrected chi connectivity index (χ1v) is 11.5. The van der Waals surface area contributed by atoms with E-state index in [0.717, 1.165) is 25.7 Å². The van der Waals surface area contributed by atoms with Crippen molar-refractivity contribution in [2.24, 2.45) is 5.73 Å². The number of rotatable bonds is 5. The number of hydrogen-bond donors (Lipinski definition) is 2. The molecule has 0 unspecified atom stereocenters. The van der Waals surface area contributed by atoms with Crippen molar-refractivity contribution < 1.29 is 18.0 Å². The van der Waals surface area contributed by atoms with Crippen LogP contribution in [0.25, 0.3) is 0 Å². The number of benzene rings is 2. The summed E-state index contributed by atoms with van der Waals surface area (Å²) in [5.74, 6) is -1.03. The molecule has 9 heteroatoms. The Labute approximate surface area is 181 Å². The maximum Gasteiger partial charge on any atom is 0.255 e. The average Bonchev–Trinajstić information content (AvgIpc) is 2.98. The number of amides is 2. The van der Waals surface area contributed by atoms with Crippen molar-refractivity contribution in [3.05, 3.63) is 58.1 Å². The highest BCUT2D eigenvalue weighted by molar-refractivity contribution is 7.89. The largest absolute Gasteiger partial charge is 0.366 e. The molecule has 160 valence electrons. The quantitative estimate of drug-likeness (QED) is 0.727. The van der Waals surface area contributed by atoms with Crippen molar-refractivity contribution in [2.75, 3.05) is 18.4 Å². The maximum atomic E-state index is 13.1. The van der Waals surface area contributed by atoms with Crippen molar-refractivity contribution in [1.29, 1.82) is 0 Å². The molecule has 1 aliphatic heterocycles. The molecule has 0 aliphatic carbocycles. The van der Waals surface area contributed by atoms with Gasteiger partial charge in [-0.05, 0) is 61.7 Å². The number of primary amides is 1. The predicted octanol–water partition coefficient (Wildman–Crippen LogP) is 3.56. The van der Waals surface area contributed by atoms with E-state index in [9.17, 15) is 18.0 Å². The fourth-order valence-electron chi connectivity index (χ4n) is 3.48. The molecule has 0 bridgehead atoms. The highest BCUT2D eigenvalue weighted by Gasteiger charge is 2.28. The molecule has 0 spiro atoms. The number of anilines is 1. The molecule has 2 aromatic carbocycles. The lowest BCUT2D eigenvalue weighted by molar-refractivity contribution is 0.0997. The van der Waals surface area contributed by atoms with Crippen LogP contribution in [0.4, 0.5) is 5.69 Å². The van der Waals surface area contributed by atoms with Gasteiger partial charge in [-0.1, -0.05) is 24.4 Å². The highest BCUT2D eigenvalue weighted by atomic mass is 35.5. The molecule has 3 N–H and O–H groups in total. The molecule has 0 radical (unpaired) electrons. The van der Waals surface area contributed by atoms with Gasteiger partial charge in [-0.3, -0.25) is 9.59 Å². The summed E-state index contributed by atoms with van der Waals surface area (Å²) in [7, 11) is -3.80. The number of nitrogens with two attached hydrogens (primary N) is 1. The van der Waals surface area contributed by atoms with E-state index in [0.29, 0.717) is 29.9 Å². The molecule has 0 saturated carbocycles. The minimum Gasteiger partial charge on any atom is -0.366 e. The molecule has 1 heterocycles. The number of carbonyl (C=O) groups excluding carboxylic acids is 2. The maximum absolute atomic E-state index is 13.1. The summed E-state index contributed by atoms with van der Waals surface area (Å²) in [5.41, 5.74) is 6.93. The zero-order valence-corrected chi connectivity index (χ0v) is 18.2. The fraction of sp³-hybridized carbons (Fsp3) is 0.333. The third kappa shape index (κ3) is 4.83. The molecular formula is C21H24ClN3O4S. The van der Waals surface area contributed by atoms with Gasteiger partial charge in [-0.2, -0.15) is 4.31 Å². The van der Waals surface area contributed by atoms with Crippen molar-refractivity contribution in [3.63, 3.8) is 0 Å². The number of halogens is 1. The first-order valence-electron chi connectivity index (χ1n) is 9.71. The van der Waals surface area contributed by atoms with Gasteiger partial charge in [-0.25, -0.2) is 8.42 Å². The topological polar surface area (TPSA) is 110 Å². The van der Waals surface area contributed by atoms with Crippen LogP contribution in [-0.2, 0) is 10.0 Å². The van der Waals surface area contributed by atoms with E-state index in [1.807, 2.05) is 0 Å². The molecule has 30 heavy (non-hydrogen) atoms. The first kappa shape index (κ1) is 22.3. The van der Waals surface area contributed by atoms with E-state index >= 15 is 0 Å². The predicted molar refractivity (Wildman–Crippen MR) is 116 cm³/mol. The van der Waals surface area contributed by atoms with Crippen LogP contribution in [0.3, 0.4) is 0 Å². The minimum atomic E-state index is -3.80. The summed E-state index contributed by atoms with van der Waals surface area (Å²) < 4.78 is 27.7. The smallest absolute Gasteiger partial charge is 0.255 e. The summed E-state index contributed by atoms with van der Waals surface area (Å²) in [6.07, 6.45) is 3.60. The van der Waals surface area contributed by atoms with Gasteiger partial charge in [0.2, 0.25) is 15.9 Å². The van der Waals surface area contributed by atoms with E-state index in [1.54, 1.807) is 19.1 Å². The van der Waals surface area contributed by atoms with Gasteiger partial charge in [0, 0.05) is 29.9 Å². The van der Waals surface area contributed by atoms with E-state index in [4.69, 9.17) is 17.3 Å². The lowest BCUT2D eigenvalue weighted by Gasteiger charge is -2.21. The van der Waals surface area contributed by atoms with Crippen LogP contribution in [0.1, 0.15) is 52.0 Å². The summed E-state index contributed by atoms with van der Waals surface area (Å²) in [6.45, 7) is 2.60. The normalized spacial score (nSPS) is 15.4. The van der Waals surface area contributed by atoms with Crippen LogP contribution in [0.5, 0.6) is 0 Å². The SMILES string of the molecule is Cc1cc(NC(=O)c2ccc(Cl)c(S(=O)(=O)N3CCCCCC3)c2)ccc1C(N)=O. The van der Waals surface area contributed by atoms with E-state index in [-0.39, 0.29) is 15.5 Å². The van der Waals surface area contributed by atoms with Crippen molar-refractivity contribution >= 4 is 39.1 Å². The Morgan fingerprint density at radius 3 is 2.30 bits per heavy atom. The molecule has 1 aliphatic rings. The third-order valence-corrected chi connectivity index (χ3v) is 7.51. The van der Waals surface area contributed by atoms with Crippen LogP contribution >= 0.6 is 11.6 Å². The van der Waals surface area contributed by atoms with Crippen LogP contribution in [0.15, 0.2) is 41.3 Å². The van der Waals surface area contributed by atoms with Gasteiger partial charge >= 0.3 is 0 Å². The van der Waals surface area contributed by atoms with Gasteiger partial charge in [0.15, 0.2) is 0 Å². The lowest BCUT2D eigenvalue weighted by atomic mass is 10.1. The zero-order valence-electron chi connectivity index (χ0n) is 16.7. The number of aryl methyl sites for hydroxylation is 1. The van der Waals surface area contributed by atoms with Crippen molar-refractivity contribution in [2.45, 2.75) is 37.5 Å². The van der Waals surface area contributed by atoms with Gasteiger partial charge < -0.3 is 11.1 Å². The van der Waals surface area contributed by atoms with Gasteiger partial charge in [0.1, 0.15) is 4.90 Å².